The smallest absolute Gasteiger partial charge is 0.337 e. The third-order valence-corrected chi connectivity index (χ3v) is 7.84. The van der Waals surface area contributed by atoms with Gasteiger partial charge in [0.15, 0.2) is 6.29 Å². The summed E-state index contributed by atoms with van der Waals surface area (Å²) in [6.07, 6.45) is 9.35. The van der Waals surface area contributed by atoms with Crippen LogP contribution in [0, 0.1) is 5.92 Å². The Morgan fingerprint density at radius 1 is 1.03 bits per heavy atom. The summed E-state index contributed by atoms with van der Waals surface area (Å²) in [7, 11) is 0. The average Bonchev–Trinajstić information content (AvgIpc) is 3.15. The summed E-state index contributed by atoms with van der Waals surface area (Å²) < 4.78 is 0. The molecule has 3 N–H and O–H groups in total. The Bertz CT molecular complexity index is 785. The highest BCUT2D eigenvalue weighted by Gasteiger charge is 2.54. The molecule has 2 saturated carbocycles. The molecule has 10 heteroatoms. The van der Waals surface area contributed by atoms with Gasteiger partial charge in [-0.1, -0.05) is 39.0 Å². The molecule has 10 nitrogen and oxygen atoms in total. The number of urea groups is 1. The average molecular weight is 477 g/mol. The topological polar surface area (TPSA) is 114 Å². The van der Waals surface area contributed by atoms with Crippen molar-refractivity contribution >= 4 is 23.8 Å². The largest absolute Gasteiger partial charge is 0.353 e. The molecule has 0 spiro atoms. The van der Waals surface area contributed by atoms with Gasteiger partial charge in [-0.25, -0.2) is 9.80 Å². The minimum absolute atomic E-state index is 0.00243. The van der Waals surface area contributed by atoms with E-state index in [1.54, 1.807) is 9.80 Å². The van der Waals surface area contributed by atoms with Crippen molar-refractivity contribution in [3.05, 3.63) is 0 Å². The predicted molar refractivity (Wildman–Crippen MR) is 126 cm³/mol. The molecule has 2 heterocycles. The number of carbonyl (C=O) groups is 4. The van der Waals surface area contributed by atoms with Crippen molar-refractivity contribution in [2.45, 2.75) is 109 Å². The highest BCUT2D eigenvalue weighted by atomic mass is 16.2. The number of hydrazine groups is 1. The Kier molecular flexibility index (Phi) is 7.95. The zero-order valence-corrected chi connectivity index (χ0v) is 20.6. The van der Waals surface area contributed by atoms with Crippen molar-refractivity contribution in [3.63, 3.8) is 0 Å². The Morgan fingerprint density at radius 2 is 1.74 bits per heavy atom. The molecule has 2 aliphatic heterocycles. The molecule has 2 aliphatic carbocycles. The molecule has 4 atom stereocenters. The third-order valence-electron chi connectivity index (χ3n) is 7.84. The summed E-state index contributed by atoms with van der Waals surface area (Å²) in [6, 6.07) is -0.189. The van der Waals surface area contributed by atoms with E-state index >= 15 is 0 Å². The molecule has 4 aliphatic rings. The summed E-state index contributed by atoms with van der Waals surface area (Å²) in [5, 5.41) is 7.33. The molecular weight excluding hydrogens is 436 g/mol. The lowest BCUT2D eigenvalue weighted by molar-refractivity contribution is -0.156. The number of fused-ring (bicyclic) bond motifs is 3. The van der Waals surface area contributed by atoms with E-state index in [-0.39, 0.29) is 67.3 Å². The lowest BCUT2D eigenvalue weighted by atomic mass is 9.81. The van der Waals surface area contributed by atoms with E-state index in [0.717, 1.165) is 57.8 Å². The van der Waals surface area contributed by atoms with Gasteiger partial charge in [0.2, 0.25) is 17.7 Å². The lowest BCUT2D eigenvalue weighted by Gasteiger charge is -2.48. The Balaban J connectivity index is 1.43. The zero-order valence-electron chi connectivity index (χ0n) is 20.6. The van der Waals surface area contributed by atoms with Crippen LogP contribution >= 0.6 is 0 Å². The summed E-state index contributed by atoms with van der Waals surface area (Å²) in [5.41, 5.74) is 3.11. The van der Waals surface area contributed by atoms with Gasteiger partial charge in [0.1, 0.15) is 6.54 Å². The van der Waals surface area contributed by atoms with Gasteiger partial charge >= 0.3 is 6.03 Å². The van der Waals surface area contributed by atoms with Gasteiger partial charge < -0.3 is 15.5 Å². The molecule has 4 rings (SSSR count). The van der Waals surface area contributed by atoms with Crippen LogP contribution in [0.2, 0.25) is 0 Å². The fourth-order valence-electron chi connectivity index (χ4n) is 5.79. The van der Waals surface area contributed by atoms with E-state index in [1.807, 2.05) is 13.8 Å². The standard InChI is InChI=1S/C24H40N6O4/c1-3-16(2)25-21(32)15-29-24(34)30-19-12-8-7-11-18(19)22(33)28(23(30)27-29)14-13-20(31)26-17-9-5-4-6-10-17/h16-19,23,27H,3-15H2,1-2H3,(H,25,32)(H,26,31). The second-order valence-corrected chi connectivity index (χ2v) is 10.3. The molecule has 5 amide bonds. The number of nitrogens with one attached hydrogen (secondary N) is 3. The maximum absolute atomic E-state index is 13.4. The number of nitrogens with zero attached hydrogens (tertiary/aromatic N) is 3. The fraction of sp³-hybridized carbons (Fsp3) is 0.833. The first-order valence-corrected chi connectivity index (χ1v) is 13.1. The number of hydrogen-bond acceptors (Lipinski definition) is 5. The summed E-state index contributed by atoms with van der Waals surface area (Å²) in [4.78, 5) is 55.2. The highest BCUT2D eigenvalue weighted by molar-refractivity contribution is 5.88. The Labute approximate surface area is 202 Å². The highest BCUT2D eigenvalue weighted by Crippen LogP contribution is 2.38. The van der Waals surface area contributed by atoms with Crippen LogP contribution < -0.4 is 16.1 Å². The van der Waals surface area contributed by atoms with E-state index in [1.165, 1.54) is 11.4 Å². The van der Waals surface area contributed by atoms with Gasteiger partial charge in [-0.05, 0) is 39.0 Å². The van der Waals surface area contributed by atoms with Crippen molar-refractivity contribution < 1.29 is 19.2 Å². The Hall–Kier alpha value is -2.36. The summed E-state index contributed by atoms with van der Waals surface area (Å²) in [5.74, 6) is -0.528. The van der Waals surface area contributed by atoms with Crippen LogP contribution in [-0.4, -0.2) is 76.1 Å². The van der Waals surface area contributed by atoms with E-state index < -0.39 is 6.29 Å². The van der Waals surface area contributed by atoms with Crippen molar-refractivity contribution in [2.75, 3.05) is 13.1 Å². The van der Waals surface area contributed by atoms with E-state index in [2.05, 4.69) is 16.1 Å². The van der Waals surface area contributed by atoms with Crippen molar-refractivity contribution in [2.24, 2.45) is 5.92 Å². The van der Waals surface area contributed by atoms with Gasteiger partial charge in [-0.3, -0.25) is 19.3 Å². The van der Waals surface area contributed by atoms with Gasteiger partial charge in [0, 0.05) is 31.1 Å². The Morgan fingerprint density at radius 3 is 2.47 bits per heavy atom. The molecule has 4 fully saturated rings. The fourth-order valence-corrected chi connectivity index (χ4v) is 5.79. The summed E-state index contributed by atoms with van der Waals surface area (Å²) in [6.45, 7) is 4.04. The molecular formula is C24H40N6O4. The van der Waals surface area contributed by atoms with Crippen LogP contribution in [0.25, 0.3) is 0 Å². The van der Waals surface area contributed by atoms with E-state index in [4.69, 9.17) is 0 Å². The van der Waals surface area contributed by atoms with Gasteiger partial charge in [-0.15, -0.1) is 0 Å². The minimum atomic E-state index is -0.654. The maximum Gasteiger partial charge on any atom is 0.337 e. The summed E-state index contributed by atoms with van der Waals surface area (Å²) >= 11 is 0. The molecule has 0 radical (unpaired) electrons. The van der Waals surface area contributed by atoms with Crippen LogP contribution in [0.5, 0.6) is 0 Å². The first-order valence-electron chi connectivity index (χ1n) is 13.1. The van der Waals surface area contributed by atoms with Crippen LogP contribution in [0.1, 0.15) is 84.5 Å². The molecule has 34 heavy (non-hydrogen) atoms. The van der Waals surface area contributed by atoms with Crippen LogP contribution in [0.4, 0.5) is 4.79 Å². The van der Waals surface area contributed by atoms with Gasteiger partial charge in [-0.2, -0.15) is 5.43 Å². The number of rotatable bonds is 8. The maximum atomic E-state index is 13.4. The minimum Gasteiger partial charge on any atom is -0.353 e. The molecule has 4 unspecified atom stereocenters. The van der Waals surface area contributed by atoms with Gasteiger partial charge in [0.25, 0.3) is 0 Å². The molecule has 0 aromatic heterocycles. The van der Waals surface area contributed by atoms with Crippen LogP contribution in [0.3, 0.4) is 0 Å². The quantitative estimate of drug-likeness (QED) is 0.493. The van der Waals surface area contributed by atoms with Gasteiger partial charge in [0.05, 0.1) is 5.92 Å². The number of amides is 5. The first-order chi connectivity index (χ1) is 16.4. The second kappa shape index (κ2) is 10.9. The van der Waals surface area contributed by atoms with Crippen molar-refractivity contribution in [1.29, 1.82) is 0 Å². The zero-order chi connectivity index (χ0) is 24.2. The van der Waals surface area contributed by atoms with Crippen LogP contribution in [0.15, 0.2) is 0 Å². The molecule has 0 aromatic carbocycles. The van der Waals surface area contributed by atoms with Crippen molar-refractivity contribution in [3.8, 4) is 0 Å². The normalized spacial score (nSPS) is 28.4. The molecule has 2 saturated heterocycles. The SMILES string of the molecule is CCC(C)NC(=O)CN1NC2N(CCC(=O)NC3CCCCC3)C(=O)C3CCCCC3N2C1=O. The predicted octanol–water partition coefficient (Wildman–Crippen LogP) is 1.67. The van der Waals surface area contributed by atoms with Crippen molar-refractivity contribution in [1.82, 2.24) is 30.9 Å². The number of carbonyl (C=O) groups excluding carboxylic acids is 4. The molecule has 190 valence electrons. The monoisotopic (exact) mass is 476 g/mol. The first kappa shape index (κ1) is 24.8. The molecule has 0 bridgehead atoms. The number of hydrogen-bond donors (Lipinski definition) is 3. The van der Waals surface area contributed by atoms with E-state index in [0.29, 0.717) is 0 Å². The van der Waals surface area contributed by atoms with E-state index in [9.17, 15) is 19.2 Å². The molecule has 0 aromatic rings. The second-order valence-electron chi connectivity index (χ2n) is 10.3. The third kappa shape index (κ3) is 5.31. The van der Waals surface area contributed by atoms with Crippen LogP contribution in [-0.2, 0) is 14.4 Å². The lowest BCUT2D eigenvalue weighted by Crippen LogP contribution is -2.66.